The highest BCUT2D eigenvalue weighted by Gasteiger charge is 2.08. The minimum Gasteiger partial charge on any atom is -0.423 e. The molecule has 88 valence electrons. The molecule has 2 rings (SSSR count). The second-order valence-corrected chi connectivity index (χ2v) is 3.68. The zero-order valence-corrected chi connectivity index (χ0v) is 9.63. The Morgan fingerprint density at radius 2 is 2.24 bits per heavy atom. The van der Waals surface area contributed by atoms with E-state index in [1.807, 2.05) is 0 Å². The number of nitrogens with zero attached hydrogens (tertiary/aromatic N) is 1. The van der Waals surface area contributed by atoms with Crippen LogP contribution < -0.4 is 5.32 Å². The summed E-state index contributed by atoms with van der Waals surface area (Å²) in [7, 11) is 0. The lowest BCUT2D eigenvalue weighted by Crippen LogP contribution is -2.17. The van der Waals surface area contributed by atoms with Gasteiger partial charge in [-0.1, -0.05) is 11.6 Å². The summed E-state index contributed by atoms with van der Waals surface area (Å²) in [5.41, 5.74) is 1.13. The van der Waals surface area contributed by atoms with E-state index in [2.05, 4.69) is 10.3 Å². The Kier molecular flexibility index (Phi) is 2.97. The molecule has 1 heterocycles. The lowest BCUT2D eigenvalue weighted by molar-refractivity contribution is 0.522. The summed E-state index contributed by atoms with van der Waals surface area (Å²) >= 11 is 5.81. The van der Waals surface area contributed by atoms with Crippen molar-refractivity contribution in [2.45, 2.75) is 6.92 Å². The fraction of sp³-hybridized carbons (Fsp3) is 0.100. The van der Waals surface area contributed by atoms with Crippen LogP contribution in [0.4, 0.5) is 6.01 Å². The zero-order valence-electron chi connectivity index (χ0n) is 8.87. The number of anilines is 1. The smallest absolute Gasteiger partial charge is 0.303 e. The molecule has 1 aromatic heterocycles. The average molecular weight is 253 g/mol. The van der Waals surface area contributed by atoms with E-state index in [0.29, 0.717) is 16.1 Å². The molecule has 0 aliphatic heterocycles. The van der Waals surface area contributed by atoms with Gasteiger partial charge in [-0.3, -0.25) is 16.1 Å². The van der Waals surface area contributed by atoms with Gasteiger partial charge in [-0.25, -0.2) is 0 Å². The van der Waals surface area contributed by atoms with Crippen LogP contribution in [0.25, 0.3) is 11.1 Å². The van der Waals surface area contributed by atoms with Gasteiger partial charge < -0.3 is 9.15 Å². The topological polar surface area (TPSA) is 95.0 Å². The Balaban J connectivity index is 2.19. The number of nitrogens with one attached hydrogen (secondary N) is 3. The van der Waals surface area contributed by atoms with Gasteiger partial charge in [0.15, 0.2) is 11.5 Å². The lowest BCUT2D eigenvalue weighted by atomic mass is 10.3. The third-order valence-corrected chi connectivity index (χ3v) is 2.06. The van der Waals surface area contributed by atoms with Crippen molar-refractivity contribution in [2.75, 3.05) is 5.32 Å². The lowest BCUT2D eigenvalue weighted by Gasteiger charge is -2.02. The highest BCUT2D eigenvalue weighted by atomic mass is 35.5. The molecule has 17 heavy (non-hydrogen) atoms. The van der Waals surface area contributed by atoms with Crippen molar-refractivity contribution in [1.82, 2.24) is 4.98 Å². The third kappa shape index (κ3) is 2.73. The molecular formula is C10H9ClN4O2. The SMILES string of the molecule is CC(=N)OC(=N)Nc1nc2cc(Cl)ccc2o1. The number of rotatable bonds is 1. The summed E-state index contributed by atoms with van der Waals surface area (Å²) in [5, 5.41) is 17.5. The molecule has 0 radical (unpaired) electrons. The Morgan fingerprint density at radius 1 is 1.47 bits per heavy atom. The number of hydrogen-bond acceptors (Lipinski definition) is 5. The summed E-state index contributed by atoms with van der Waals surface area (Å²) in [6.07, 6.45) is 0. The molecule has 1 aromatic carbocycles. The summed E-state index contributed by atoms with van der Waals surface area (Å²) in [6.45, 7) is 1.42. The fourth-order valence-electron chi connectivity index (χ4n) is 1.23. The van der Waals surface area contributed by atoms with Crippen LogP contribution in [0.15, 0.2) is 22.6 Å². The molecule has 0 unspecified atom stereocenters. The van der Waals surface area contributed by atoms with E-state index in [4.69, 9.17) is 31.6 Å². The summed E-state index contributed by atoms with van der Waals surface area (Å²) in [5.74, 6) is -0.0957. The first kappa shape index (κ1) is 11.4. The molecule has 0 spiro atoms. The van der Waals surface area contributed by atoms with Crippen LogP contribution in [0.1, 0.15) is 6.92 Å². The van der Waals surface area contributed by atoms with E-state index < -0.39 is 0 Å². The van der Waals surface area contributed by atoms with Gasteiger partial charge in [-0.2, -0.15) is 4.98 Å². The van der Waals surface area contributed by atoms with Crippen molar-refractivity contribution >= 4 is 40.6 Å². The van der Waals surface area contributed by atoms with E-state index in [1.54, 1.807) is 18.2 Å². The maximum Gasteiger partial charge on any atom is 0.303 e. The van der Waals surface area contributed by atoms with E-state index in [1.165, 1.54) is 6.92 Å². The number of oxazole rings is 1. The first-order valence-corrected chi connectivity index (χ1v) is 5.07. The molecular weight excluding hydrogens is 244 g/mol. The van der Waals surface area contributed by atoms with Gasteiger partial charge in [0.25, 0.3) is 6.02 Å². The molecule has 2 aromatic rings. The molecule has 0 amide bonds. The standard InChI is InChI=1S/C10H9ClN4O2/c1-5(12)16-9(13)15-10-14-7-4-6(11)2-3-8(7)17-10/h2-4,12H,1H3,(H2,13,14,15). The molecule has 0 saturated heterocycles. The molecule has 0 aliphatic rings. The van der Waals surface area contributed by atoms with Crippen molar-refractivity contribution < 1.29 is 9.15 Å². The van der Waals surface area contributed by atoms with Gasteiger partial charge in [0.2, 0.25) is 0 Å². The number of ether oxygens (including phenoxy) is 1. The van der Waals surface area contributed by atoms with Gasteiger partial charge in [-0.15, -0.1) is 0 Å². The summed E-state index contributed by atoms with van der Waals surface area (Å²) < 4.78 is 10.0. The molecule has 6 nitrogen and oxygen atoms in total. The van der Waals surface area contributed by atoms with Crippen LogP contribution in [0, 0.1) is 10.8 Å². The van der Waals surface area contributed by atoms with Gasteiger partial charge in [-0.05, 0) is 18.2 Å². The second-order valence-electron chi connectivity index (χ2n) is 3.24. The minimum atomic E-state index is -0.324. The molecule has 0 fully saturated rings. The van der Waals surface area contributed by atoms with Gasteiger partial charge >= 0.3 is 6.01 Å². The van der Waals surface area contributed by atoms with Crippen LogP contribution in [0.2, 0.25) is 5.02 Å². The van der Waals surface area contributed by atoms with Crippen molar-refractivity contribution in [3.8, 4) is 0 Å². The van der Waals surface area contributed by atoms with Crippen LogP contribution >= 0.6 is 11.6 Å². The predicted molar refractivity (Wildman–Crippen MR) is 64.9 cm³/mol. The first-order valence-electron chi connectivity index (χ1n) is 4.69. The number of halogens is 1. The number of fused-ring (bicyclic) bond motifs is 1. The molecule has 0 bridgehead atoms. The van der Waals surface area contributed by atoms with Crippen LogP contribution in [-0.4, -0.2) is 16.9 Å². The molecule has 7 heteroatoms. The van der Waals surface area contributed by atoms with E-state index in [-0.39, 0.29) is 17.9 Å². The quantitative estimate of drug-likeness (QED) is 0.537. The first-order chi connectivity index (χ1) is 8.04. The number of benzene rings is 1. The van der Waals surface area contributed by atoms with Crippen LogP contribution in [-0.2, 0) is 4.74 Å². The zero-order chi connectivity index (χ0) is 12.4. The van der Waals surface area contributed by atoms with Crippen LogP contribution in [0.5, 0.6) is 0 Å². The number of hydrogen-bond donors (Lipinski definition) is 3. The van der Waals surface area contributed by atoms with E-state index in [0.717, 1.165) is 0 Å². The molecule has 0 aliphatic carbocycles. The Labute approximate surface area is 102 Å². The number of amidine groups is 1. The Morgan fingerprint density at radius 3 is 2.94 bits per heavy atom. The van der Waals surface area contributed by atoms with Gasteiger partial charge in [0.05, 0.1) is 0 Å². The van der Waals surface area contributed by atoms with Crippen molar-refractivity contribution in [3.05, 3.63) is 23.2 Å². The molecule has 0 atom stereocenters. The number of aromatic nitrogens is 1. The normalized spacial score (nSPS) is 10.2. The van der Waals surface area contributed by atoms with E-state index >= 15 is 0 Å². The van der Waals surface area contributed by atoms with Crippen molar-refractivity contribution in [3.63, 3.8) is 0 Å². The largest absolute Gasteiger partial charge is 0.423 e. The Hall–Kier alpha value is -2.08. The maximum atomic E-state index is 7.37. The van der Waals surface area contributed by atoms with Gasteiger partial charge in [0.1, 0.15) is 5.52 Å². The predicted octanol–water partition coefficient (Wildman–Crippen LogP) is 2.84. The van der Waals surface area contributed by atoms with Crippen molar-refractivity contribution in [1.29, 1.82) is 10.8 Å². The maximum absolute atomic E-state index is 7.37. The monoisotopic (exact) mass is 252 g/mol. The highest BCUT2D eigenvalue weighted by Crippen LogP contribution is 2.22. The minimum absolute atomic E-state index is 0.0957. The van der Waals surface area contributed by atoms with E-state index in [9.17, 15) is 0 Å². The summed E-state index contributed by atoms with van der Waals surface area (Å²) in [6, 6.07) is 4.81. The highest BCUT2D eigenvalue weighted by molar-refractivity contribution is 6.31. The molecule has 3 N–H and O–H groups in total. The van der Waals surface area contributed by atoms with Crippen LogP contribution in [0.3, 0.4) is 0 Å². The van der Waals surface area contributed by atoms with Gasteiger partial charge in [0, 0.05) is 11.9 Å². The average Bonchev–Trinajstić information content (AvgIpc) is 2.57. The summed E-state index contributed by atoms with van der Waals surface area (Å²) in [4.78, 5) is 4.07. The molecule has 0 saturated carbocycles. The fourth-order valence-corrected chi connectivity index (χ4v) is 1.40. The third-order valence-electron chi connectivity index (χ3n) is 1.83. The van der Waals surface area contributed by atoms with Crippen molar-refractivity contribution in [2.24, 2.45) is 0 Å². The second kappa shape index (κ2) is 4.42. The Bertz CT molecular complexity index is 593.